The zero-order valence-corrected chi connectivity index (χ0v) is 18.7. The summed E-state index contributed by atoms with van der Waals surface area (Å²) in [6.07, 6.45) is 1.01. The summed E-state index contributed by atoms with van der Waals surface area (Å²) < 4.78 is 52.6. The SMILES string of the molecule is CS(=O)(=O)Nc1ccc(NC(=O)c2ccccc2NS(=O)(=O)c2cccc([N+](=O)[O-])c2)cc1. The summed E-state index contributed by atoms with van der Waals surface area (Å²) >= 11 is 0. The lowest BCUT2D eigenvalue weighted by Gasteiger charge is -2.13. The molecule has 0 aliphatic rings. The van der Waals surface area contributed by atoms with Gasteiger partial charge in [0.25, 0.3) is 21.6 Å². The van der Waals surface area contributed by atoms with Crippen LogP contribution < -0.4 is 14.8 Å². The van der Waals surface area contributed by atoms with Gasteiger partial charge in [-0.1, -0.05) is 18.2 Å². The quantitative estimate of drug-likeness (QED) is 0.322. The van der Waals surface area contributed by atoms with Crippen LogP contribution in [0.5, 0.6) is 0 Å². The number of carbonyl (C=O) groups is 1. The first-order valence-electron chi connectivity index (χ1n) is 9.20. The molecule has 0 saturated heterocycles. The predicted molar refractivity (Wildman–Crippen MR) is 123 cm³/mol. The second-order valence-corrected chi connectivity index (χ2v) is 10.2. The summed E-state index contributed by atoms with van der Waals surface area (Å²) in [6.45, 7) is 0. The van der Waals surface area contributed by atoms with Crippen LogP contribution in [0.3, 0.4) is 0 Å². The molecule has 0 unspecified atom stereocenters. The predicted octanol–water partition coefficient (Wildman–Crippen LogP) is 3.02. The molecule has 0 fully saturated rings. The minimum atomic E-state index is -4.22. The van der Waals surface area contributed by atoms with Gasteiger partial charge in [-0.15, -0.1) is 0 Å². The van der Waals surface area contributed by atoms with E-state index < -0.39 is 36.6 Å². The van der Waals surface area contributed by atoms with Crippen LogP contribution in [0.4, 0.5) is 22.7 Å². The first-order chi connectivity index (χ1) is 15.4. The molecular weight excluding hydrogens is 472 g/mol. The number of anilines is 3. The van der Waals surface area contributed by atoms with Crippen molar-refractivity contribution in [3.8, 4) is 0 Å². The Morgan fingerprint density at radius 3 is 2.12 bits per heavy atom. The zero-order chi connectivity index (χ0) is 24.2. The van der Waals surface area contributed by atoms with Crippen molar-refractivity contribution in [3.05, 3.63) is 88.5 Å². The third-order valence-corrected chi connectivity index (χ3v) is 6.17. The average molecular weight is 491 g/mol. The monoisotopic (exact) mass is 490 g/mol. The molecule has 3 rings (SSSR count). The van der Waals surface area contributed by atoms with Gasteiger partial charge in [0.15, 0.2) is 0 Å². The van der Waals surface area contributed by atoms with Crippen molar-refractivity contribution in [1.82, 2.24) is 0 Å². The van der Waals surface area contributed by atoms with E-state index in [2.05, 4.69) is 14.8 Å². The summed E-state index contributed by atoms with van der Waals surface area (Å²) in [5.74, 6) is -0.629. The molecule has 3 aromatic carbocycles. The number of sulfonamides is 2. The molecule has 0 radical (unpaired) electrons. The van der Waals surface area contributed by atoms with Crippen LogP contribution in [-0.4, -0.2) is 33.9 Å². The lowest BCUT2D eigenvalue weighted by Crippen LogP contribution is -2.18. The number of benzene rings is 3. The third kappa shape index (κ3) is 6.27. The molecule has 3 N–H and O–H groups in total. The van der Waals surface area contributed by atoms with Crippen molar-refractivity contribution in [3.63, 3.8) is 0 Å². The maximum absolute atomic E-state index is 12.8. The van der Waals surface area contributed by atoms with Gasteiger partial charge in [-0.05, 0) is 42.5 Å². The van der Waals surface area contributed by atoms with Crippen LogP contribution in [0.2, 0.25) is 0 Å². The molecule has 0 heterocycles. The Hall–Kier alpha value is -3.97. The maximum atomic E-state index is 12.8. The van der Waals surface area contributed by atoms with Gasteiger partial charge in [-0.2, -0.15) is 0 Å². The number of hydrogen-bond donors (Lipinski definition) is 3. The van der Waals surface area contributed by atoms with Crippen LogP contribution in [-0.2, 0) is 20.0 Å². The van der Waals surface area contributed by atoms with Crippen molar-refractivity contribution in [2.45, 2.75) is 4.90 Å². The van der Waals surface area contributed by atoms with E-state index in [-0.39, 0.29) is 16.1 Å². The largest absolute Gasteiger partial charge is 0.322 e. The van der Waals surface area contributed by atoms with Gasteiger partial charge >= 0.3 is 0 Å². The highest BCUT2D eigenvalue weighted by Crippen LogP contribution is 2.24. The fourth-order valence-corrected chi connectivity index (χ4v) is 4.46. The van der Waals surface area contributed by atoms with E-state index in [4.69, 9.17) is 0 Å². The molecule has 1 amide bonds. The van der Waals surface area contributed by atoms with Crippen LogP contribution in [0.15, 0.2) is 77.7 Å². The number of nitrogens with zero attached hydrogens (tertiary/aromatic N) is 1. The highest BCUT2D eigenvalue weighted by Gasteiger charge is 2.21. The molecule has 172 valence electrons. The number of non-ortho nitro benzene ring substituents is 1. The molecule has 33 heavy (non-hydrogen) atoms. The number of nitro groups is 1. The molecule has 0 atom stereocenters. The van der Waals surface area contributed by atoms with Crippen LogP contribution >= 0.6 is 0 Å². The van der Waals surface area contributed by atoms with Crippen LogP contribution in [0.1, 0.15) is 10.4 Å². The first-order valence-corrected chi connectivity index (χ1v) is 12.6. The van der Waals surface area contributed by atoms with E-state index in [1.54, 1.807) is 6.07 Å². The summed E-state index contributed by atoms with van der Waals surface area (Å²) in [4.78, 5) is 22.7. The Balaban J connectivity index is 1.82. The zero-order valence-electron chi connectivity index (χ0n) is 17.0. The second-order valence-electron chi connectivity index (χ2n) is 6.81. The van der Waals surface area contributed by atoms with Crippen molar-refractivity contribution in [2.75, 3.05) is 21.0 Å². The second kappa shape index (κ2) is 9.26. The number of amides is 1. The summed E-state index contributed by atoms with van der Waals surface area (Å²) in [6, 6.07) is 16.2. The number of hydrogen-bond acceptors (Lipinski definition) is 7. The van der Waals surface area contributed by atoms with Gasteiger partial charge in [-0.25, -0.2) is 16.8 Å². The number of nitro benzene ring substituents is 1. The summed E-state index contributed by atoms with van der Waals surface area (Å²) in [7, 11) is -7.67. The fourth-order valence-electron chi connectivity index (χ4n) is 2.77. The number of nitrogens with one attached hydrogen (secondary N) is 3. The van der Waals surface area contributed by atoms with E-state index >= 15 is 0 Å². The Bertz CT molecular complexity index is 1420. The minimum Gasteiger partial charge on any atom is -0.322 e. The number of para-hydroxylation sites is 1. The van der Waals surface area contributed by atoms with E-state index in [0.29, 0.717) is 11.4 Å². The van der Waals surface area contributed by atoms with Crippen molar-refractivity contribution in [1.29, 1.82) is 0 Å². The summed E-state index contributed by atoms with van der Waals surface area (Å²) in [5, 5.41) is 13.5. The average Bonchev–Trinajstić information content (AvgIpc) is 2.74. The topological polar surface area (TPSA) is 165 Å². The molecule has 0 spiro atoms. The van der Waals surface area contributed by atoms with Crippen LogP contribution in [0, 0.1) is 10.1 Å². The normalized spacial score (nSPS) is 11.4. The van der Waals surface area contributed by atoms with Crippen molar-refractivity contribution < 1.29 is 26.6 Å². The fraction of sp³-hybridized carbons (Fsp3) is 0.0500. The Morgan fingerprint density at radius 2 is 1.48 bits per heavy atom. The van der Waals surface area contributed by atoms with Crippen molar-refractivity contribution >= 4 is 48.7 Å². The van der Waals surface area contributed by atoms with Gasteiger partial charge in [0, 0.05) is 23.5 Å². The minimum absolute atomic E-state index is 0.00448. The maximum Gasteiger partial charge on any atom is 0.270 e. The third-order valence-electron chi connectivity index (χ3n) is 4.20. The van der Waals surface area contributed by atoms with Gasteiger partial charge in [-0.3, -0.25) is 24.4 Å². The number of carbonyl (C=O) groups excluding carboxylic acids is 1. The van der Waals surface area contributed by atoms with E-state index in [0.717, 1.165) is 18.4 Å². The van der Waals surface area contributed by atoms with Gasteiger partial charge in [0.1, 0.15) is 0 Å². The molecule has 0 aliphatic carbocycles. The molecule has 11 nitrogen and oxygen atoms in total. The van der Waals surface area contributed by atoms with Crippen LogP contribution in [0.25, 0.3) is 0 Å². The number of rotatable bonds is 8. The lowest BCUT2D eigenvalue weighted by atomic mass is 10.1. The lowest BCUT2D eigenvalue weighted by molar-refractivity contribution is -0.385. The van der Waals surface area contributed by atoms with Crippen molar-refractivity contribution in [2.24, 2.45) is 0 Å². The molecular formula is C20H18N4O7S2. The standard InChI is InChI=1S/C20H18N4O7S2/c1-32(28,29)22-15-11-9-14(10-12-15)21-20(25)18-7-2-3-8-19(18)23-33(30,31)17-6-4-5-16(13-17)24(26)27/h2-13,22-23H,1H3,(H,21,25). The highest BCUT2D eigenvalue weighted by molar-refractivity contribution is 7.92. The molecule has 0 saturated carbocycles. The highest BCUT2D eigenvalue weighted by atomic mass is 32.2. The summed E-state index contributed by atoms with van der Waals surface area (Å²) in [5.41, 5.74) is 0.232. The smallest absolute Gasteiger partial charge is 0.270 e. The van der Waals surface area contributed by atoms with E-state index in [1.807, 2.05) is 0 Å². The molecule has 0 aliphatic heterocycles. The Morgan fingerprint density at radius 1 is 0.848 bits per heavy atom. The molecule has 0 bridgehead atoms. The van der Waals surface area contributed by atoms with Gasteiger partial charge in [0.05, 0.1) is 27.3 Å². The first kappa shape index (κ1) is 23.7. The molecule has 3 aromatic rings. The molecule has 0 aromatic heterocycles. The van der Waals surface area contributed by atoms with Gasteiger partial charge < -0.3 is 5.32 Å². The van der Waals surface area contributed by atoms with Gasteiger partial charge in [0.2, 0.25) is 10.0 Å². The Labute approximate surface area is 189 Å². The Kier molecular flexibility index (Phi) is 6.65. The van der Waals surface area contributed by atoms with E-state index in [1.165, 1.54) is 54.6 Å². The van der Waals surface area contributed by atoms with E-state index in [9.17, 15) is 31.7 Å². The molecule has 13 heteroatoms.